The van der Waals surface area contributed by atoms with Crippen molar-refractivity contribution in [1.29, 1.82) is 0 Å². The zero-order chi connectivity index (χ0) is 23.2. The Hall–Kier alpha value is -2.85. The number of nitrogens with one attached hydrogen (secondary N) is 1. The van der Waals surface area contributed by atoms with Gasteiger partial charge in [-0.1, -0.05) is 89.9 Å². The van der Waals surface area contributed by atoms with Crippen molar-refractivity contribution in [3.8, 4) is 0 Å². The quantitative estimate of drug-likeness (QED) is 0.296. The van der Waals surface area contributed by atoms with E-state index in [0.29, 0.717) is 23.1 Å². The summed E-state index contributed by atoms with van der Waals surface area (Å²) in [7, 11) is 0. The Balaban J connectivity index is 1.48. The molecule has 0 radical (unpaired) electrons. The molecular weight excluding hydrogens is 451 g/mol. The largest absolute Gasteiger partial charge is 0.333 e. The monoisotopic (exact) mass is 476 g/mol. The topological polar surface area (TPSA) is 32.3 Å². The lowest BCUT2D eigenvalue weighted by molar-refractivity contribution is -0.131. The van der Waals surface area contributed by atoms with E-state index in [0.717, 1.165) is 11.1 Å². The van der Waals surface area contributed by atoms with E-state index in [4.69, 9.17) is 23.2 Å². The highest BCUT2D eigenvalue weighted by Crippen LogP contribution is 2.24. The number of halogens is 2. The molecule has 1 atom stereocenters. The highest BCUT2D eigenvalue weighted by Gasteiger charge is 2.17. The number of fused-ring (bicyclic) bond motifs is 1. The number of carbonyl (C=O) groups excluding carboxylic acids is 1. The van der Waals surface area contributed by atoms with Crippen molar-refractivity contribution in [1.82, 2.24) is 10.2 Å². The van der Waals surface area contributed by atoms with Crippen molar-refractivity contribution in [3.63, 3.8) is 0 Å². The van der Waals surface area contributed by atoms with Crippen LogP contribution in [-0.4, -0.2) is 17.4 Å². The van der Waals surface area contributed by atoms with Gasteiger partial charge in [-0.25, -0.2) is 0 Å². The van der Waals surface area contributed by atoms with Gasteiger partial charge in [0, 0.05) is 29.2 Å². The molecule has 3 nitrogen and oxygen atoms in total. The first kappa shape index (κ1) is 23.3. The number of nitrogens with zero attached hydrogens (tertiary/aromatic N) is 1. The minimum Gasteiger partial charge on any atom is -0.333 e. The molecule has 0 heterocycles. The minimum absolute atomic E-state index is 0.0342. The van der Waals surface area contributed by atoms with Gasteiger partial charge in [-0.2, -0.15) is 0 Å². The van der Waals surface area contributed by atoms with Crippen LogP contribution < -0.4 is 5.32 Å². The Labute approximate surface area is 204 Å². The van der Waals surface area contributed by atoms with Crippen LogP contribution in [0.3, 0.4) is 0 Å². The second-order valence-electron chi connectivity index (χ2n) is 8.17. The maximum atomic E-state index is 13.3. The third-order valence-electron chi connectivity index (χ3n) is 5.78. The van der Waals surface area contributed by atoms with E-state index in [1.54, 1.807) is 0 Å². The van der Waals surface area contributed by atoms with Gasteiger partial charge < -0.3 is 10.2 Å². The molecule has 0 saturated heterocycles. The second kappa shape index (κ2) is 10.8. The predicted octanol–water partition coefficient (Wildman–Crippen LogP) is 7.03. The molecule has 0 aliphatic carbocycles. The van der Waals surface area contributed by atoms with E-state index < -0.39 is 0 Å². The van der Waals surface area contributed by atoms with Crippen LogP contribution in [0.2, 0.25) is 10.0 Å². The number of rotatable bonds is 8. The molecule has 0 aliphatic rings. The molecule has 4 aromatic carbocycles. The third kappa shape index (κ3) is 6.14. The Morgan fingerprint density at radius 3 is 1.94 bits per heavy atom. The van der Waals surface area contributed by atoms with Gasteiger partial charge in [-0.05, 0) is 58.7 Å². The molecule has 0 aliphatic heterocycles. The standard InChI is InChI=1S/C28H26Cl2N2O/c1-20(26-8-4-6-23-5-2-3-7-27(23)26)31-17-28(33)32(18-21-9-13-24(29)14-10-21)19-22-11-15-25(30)16-12-22/h2-16,20,31H,17-19H2,1H3/t20-/m1/s1. The summed E-state index contributed by atoms with van der Waals surface area (Å²) < 4.78 is 0. The molecule has 0 unspecified atom stereocenters. The van der Waals surface area contributed by atoms with E-state index in [1.807, 2.05) is 65.6 Å². The molecule has 4 rings (SSSR count). The fourth-order valence-corrected chi connectivity index (χ4v) is 4.19. The maximum Gasteiger partial charge on any atom is 0.237 e. The third-order valence-corrected chi connectivity index (χ3v) is 6.28. The summed E-state index contributed by atoms with van der Waals surface area (Å²) in [5, 5.41) is 7.19. The molecule has 5 heteroatoms. The zero-order valence-corrected chi connectivity index (χ0v) is 20.0. The van der Waals surface area contributed by atoms with Gasteiger partial charge in [0.1, 0.15) is 0 Å². The summed E-state index contributed by atoms with van der Waals surface area (Å²) in [4.78, 5) is 15.2. The first-order valence-corrected chi connectivity index (χ1v) is 11.7. The maximum absolute atomic E-state index is 13.3. The lowest BCUT2D eigenvalue weighted by Crippen LogP contribution is -2.38. The van der Waals surface area contributed by atoms with Crippen molar-refractivity contribution in [2.45, 2.75) is 26.1 Å². The molecular formula is C28H26Cl2N2O. The number of hydrogen-bond acceptors (Lipinski definition) is 2. The van der Waals surface area contributed by atoms with Gasteiger partial charge in [0.2, 0.25) is 5.91 Å². The molecule has 0 fully saturated rings. The van der Waals surface area contributed by atoms with Crippen molar-refractivity contribution in [2.24, 2.45) is 0 Å². The number of amides is 1. The highest BCUT2D eigenvalue weighted by molar-refractivity contribution is 6.30. The predicted molar refractivity (Wildman–Crippen MR) is 138 cm³/mol. The molecule has 168 valence electrons. The Bertz CT molecular complexity index is 1170. The first-order valence-electron chi connectivity index (χ1n) is 11.0. The van der Waals surface area contributed by atoms with Crippen molar-refractivity contribution in [2.75, 3.05) is 6.54 Å². The SMILES string of the molecule is C[C@@H](NCC(=O)N(Cc1ccc(Cl)cc1)Cc1ccc(Cl)cc1)c1cccc2ccccc12. The summed E-state index contributed by atoms with van der Waals surface area (Å²) in [6.45, 7) is 3.34. The lowest BCUT2D eigenvalue weighted by Gasteiger charge is -2.25. The molecule has 0 spiro atoms. The van der Waals surface area contributed by atoms with Gasteiger partial charge >= 0.3 is 0 Å². The summed E-state index contributed by atoms with van der Waals surface area (Å²) in [5.74, 6) is 0.0342. The molecule has 0 bridgehead atoms. The van der Waals surface area contributed by atoms with Gasteiger partial charge in [0.05, 0.1) is 6.54 Å². The van der Waals surface area contributed by atoms with Crippen LogP contribution in [0, 0.1) is 0 Å². The Morgan fingerprint density at radius 2 is 1.33 bits per heavy atom. The Morgan fingerprint density at radius 1 is 0.788 bits per heavy atom. The fourth-order valence-electron chi connectivity index (χ4n) is 3.94. The second-order valence-corrected chi connectivity index (χ2v) is 9.05. The Kier molecular flexibility index (Phi) is 7.66. The summed E-state index contributed by atoms with van der Waals surface area (Å²) in [5.41, 5.74) is 3.25. The van der Waals surface area contributed by atoms with Crippen LogP contribution in [0.1, 0.15) is 29.7 Å². The van der Waals surface area contributed by atoms with Crippen LogP contribution in [-0.2, 0) is 17.9 Å². The van der Waals surface area contributed by atoms with Crippen molar-refractivity contribution >= 4 is 39.9 Å². The zero-order valence-electron chi connectivity index (χ0n) is 18.5. The smallest absolute Gasteiger partial charge is 0.237 e. The van der Waals surface area contributed by atoms with Crippen LogP contribution in [0.4, 0.5) is 0 Å². The van der Waals surface area contributed by atoms with Gasteiger partial charge in [-0.15, -0.1) is 0 Å². The van der Waals surface area contributed by atoms with E-state index in [9.17, 15) is 4.79 Å². The molecule has 1 amide bonds. The van der Waals surface area contributed by atoms with Crippen molar-refractivity contribution < 1.29 is 4.79 Å². The van der Waals surface area contributed by atoms with Crippen LogP contribution >= 0.6 is 23.2 Å². The molecule has 4 aromatic rings. The molecule has 0 saturated carbocycles. The van der Waals surface area contributed by atoms with Crippen LogP contribution in [0.15, 0.2) is 91.0 Å². The number of carbonyl (C=O) groups is 1. The van der Waals surface area contributed by atoms with Crippen LogP contribution in [0.25, 0.3) is 10.8 Å². The molecule has 33 heavy (non-hydrogen) atoms. The lowest BCUT2D eigenvalue weighted by atomic mass is 10.00. The highest BCUT2D eigenvalue weighted by atomic mass is 35.5. The summed E-state index contributed by atoms with van der Waals surface area (Å²) >= 11 is 12.1. The minimum atomic E-state index is 0.0342. The molecule has 0 aromatic heterocycles. The van der Waals surface area contributed by atoms with Crippen molar-refractivity contribution in [3.05, 3.63) is 118 Å². The summed E-state index contributed by atoms with van der Waals surface area (Å²) in [6.07, 6.45) is 0. The fraction of sp³-hybridized carbons (Fsp3) is 0.179. The number of hydrogen-bond donors (Lipinski definition) is 1. The average Bonchev–Trinajstić information content (AvgIpc) is 2.84. The van der Waals surface area contributed by atoms with Crippen LogP contribution in [0.5, 0.6) is 0 Å². The van der Waals surface area contributed by atoms with E-state index >= 15 is 0 Å². The molecule has 1 N–H and O–H groups in total. The summed E-state index contributed by atoms with van der Waals surface area (Å²) in [6, 6.07) is 29.9. The van der Waals surface area contributed by atoms with E-state index in [2.05, 4.69) is 42.6 Å². The van der Waals surface area contributed by atoms with Gasteiger partial charge in [0.15, 0.2) is 0 Å². The average molecular weight is 477 g/mol. The first-order chi connectivity index (χ1) is 16.0. The van der Waals surface area contributed by atoms with Gasteiger partial charge in [-0.3, -0.25) is 4.79 Å². The van der Waals surface area contributed by atoms with Gasteiger partial charge in [0.25, 0.3) is 0 Å². The van der Waals surface area contributed by atoms with E-state index in [1.165, 1.54) is 16.3 Å². The number of benzene rings is 4. The van der Waals surface area contributed by atoms with E-state index in [-0.39, 0.29) is 18.5 Å². The normalized spacial score (nSPS) is 12.0.